The van der Waals surface area contributed by atoms with E-state index in [0.717, 1.165) is 32.1 Å². The summed E-state index contributed by atoms with van der Waals surface area (Å²) in [7, 11) is 0. The number of nitrogens with zero attached hydrogens (tertiary/aromatic N) is 2. The number of aliphatic imine (C=N–C) groups is 1. The standard InChI is InChI=1S/C19H32N4O/c1-2-20-19(21-11-15-23-13-7-4-8-14-23)22-12-16-24-17-18-9-5-3-6-10-18/h3,5-6,9-10H,2,4,7-8,11-17H2,1H3,(H2,20,21,22). The van der Waals surface area contributed by atoms with Crippen LogP contribution >= 0.6 is 0 Å². The lowest BCUT2D eigenvalue weighted by molar-refractivity contribution is 0.125. The van der Waals surface area contributed by atoms with E-state index in [-0.39, 0.29) is 0 Å². The summed E-state index contributed by atoms with van der Waals surface area (Å²) in [6.45, 7) is 9.42. The Morgan fingerprint density at radius 2 is 1.92 bits per heavy atom. The molecule has 0 spiro atoms. The Balaban J connectivity index is 1.60. The van der Waals surface area contributed by atoms with Gasteiger partial charge in [0.2, 0.25) is 0 Å². The zero-order valence-electron chi connectivity index (χ0n) is 15.0. The summed E-state index contributed by atoms with van der Waals surface area (Å²) < 4.78 is 5.69. The van der Waals surface area contributed by atoms with E-state index in [0.29, 0.717) is 13.2 Å². The lowest BCUT2D eigenvalue weighted by atomic mass is 10.1. The summed E-state index contributed by atoms with van der Waals surface area (Å²) in [5, 5.41) is 6.63. The summed E-state index contributed by atoms with van der Waals surface area (Å²) in [4.78, 5) is 7.17. The Morgan fingerprint density at radius 1 is 1.12 bits per heavy atom. The minimum atomic E-state index is 0.658. The summed E-state index contributed by atoms with van der Waals surface area (Å²) in [6, 6.07) is 10.3. The molecule has 1 saturated heterocycles. The van der Waals surface area contributed by atoms with Gasteiger partial charge in [-0.2, -0.15) is 0 Å². The molecule has 1 aliphatic heterocycles. The van der Waals surface area contributed by atoms with E-state index in [4.69, 9.17) is 4.74 Å². The molecule has 0 amide bonds. The topological polar surface area (TPSA) is 48.9 Å². The molecule has 2 rings (SSSR count). The van der Waals surface area contributed by atoms with Gasteiger partial charge in [0, 0.05) is 19.6 Å². The molecule has 5 heteroatoms. The smallest absolute Gasteiger partial charge is 0.191 e. The summed E-state index contributed by atoms with van der Waals surface area (Å²) in [6.07, 6.45) is 4.05. The van der Waals surface area contributed by atoms with Crippen LogP contribution in [-0.4, -0.2) is 56.7 Å². The number of rotatable bonds is 9. The molecule has 1 fully saturated rings. The molecule has 0 saturated carbocycles. The van der Waals surface area contributed by atoms with Crippen molar-refractivity contribution in [3.8, 4) is 0 Å². The molecule has 0 bridgehead atoms. The van der Waals surface area contributed by atoms with Crippen molar-refractivity contribution in [2.24, 2.45) is 4.99 Å². The summed E-state index contributed by atoms with van der Waals surface area (Å²) in [5.74, 6) is 0.887. The van der Waals surface area contributed by atoms with Crippen molar-refractivity contribution >= 4 is 5.96 Å². The fraction of sp³-hybridized carbons (Fsp3) is 0.632. The third-order valence-corrected chi connectivity index (χ3v) is 4.13. The third kappa shape index (κ3) is 7.79. The highest BCUT2D eigenvalue weighted by Crippen LogP contribution is 2.07. The number of benzene rings is 1. The van der Waals surface area contributed by atoms with Gasteiger partial charge in [0.05, 0.1) is 19.8 Å². The van der Waals surface area contributed by atoms with Crippen LogP contribution in [0.4, 0.5) is 0 Å². The SMILES string of the molecule is CCNC(=NCCN1CCCCC1)NCCOCc1ccccc1. The average Bonchev–Trinajstić information content (AvgIpc) is 2.63. The quantitative estimate of drug-likeness (QED) is 0.414. The van der Waals surface area contributed by atoms with E-state index in [1.54, 1.807) is 0 Å². The van der Waals surface area contributed by atoms with Crippen LogP contribution in [0.15, 0.2) is 35.3 Å². The van der Waals surface area contributed by atoms with Crippen molar-refractivity contribution in [3.05, 3.63) is 35.9 Å². The minimum absolute atomic E-state index is 0.658. The van der Waals surface area contributed by atoms with Gasteiger partial charge in [0.25, 0.3) is 0 Å². The van der Waals surface area contributed by atoms with Crippen molar-refractivity contribution in [3.63, 3.8) is 0 Å². The van der Waals surface area contributed by atoms with E-state index in [1.165, 1.54) is 37.9 Å². The van der Waals surface area contributed by atoms with Crippen LogP contribution in [0.5, 0.6) is 0 Å². The number of hydrogen-bond acceptors (Lipinski definition) is 3. The van der Waals surface area contributed by atoms with Gasteiger partial charge in [-0.15, -0.1) is 0 Å². The largest absolute Gasteiger partial charge is 0.375 e. The molecule has 0 unspecified atom stereocenters. The molecule has 0 aliphatic carbocycles. The molecular weight excluding hydrogens is 300 g/mol. The number of piperidine rings is 1. The Morgan fingerprint density at radius 3 is 2.67 bits per heavy atom. The molecule has 1 aliphatic rings. The van der Waals surface area contributed by atoms with Crippen molar-refractivity contribution in [1.29, 1.82) is 0 Å². The third-order valence-electron chi connectivity index (χ3n) is 4.13. The van der Waals surface area contributed by atoms with Gasteiger partial charge >= 0.3 is 0 Å². The number of likely N-dealkylation sites (tertiary alicyclic amines) is 1. The number of ether oxygens (including phenoxy) is 1. The van der Waals surface area contributed by atoms with Crippen LogP contribution in [0.2, 0.25) is 0 Å². The van der Waals surface area contributed by atoms with Crippen LogP contribution in [-0.2, 0) is 11.3 Å². The van der Waals surface area contributed by atoms with E-state index < -0.39 is 0 Å². The lowest BCUT2D eigenvalue weighted by Gasteiger charge is -2.25. The highest BCUT2D eigenvalue weighted by molar-refractivity contribution is 5.79. The first-order valence-electron chi connectivity index (χ1n) is 9.24. The monoisotopic (exact) mass is 332 g/mol. The molecular formula is C19H32N4O. The van der Waals surface area contributed by atoms with Gasteiger partial charge in [0.15, 0.2) is 5.96 Å². The second kappa shape index (κ2) is 11.9. The lowest BCUT2D eigenvalue weighted by Crippen LogP contribution is -2.40. The van der Waals surface area contributed by atoms with Crippen molar-refractivity contribution in [1.82, 2.24) is 15.5 Å². The number of hydrogen-bond donors (Lipinski definition) is 2. The number of nitrogens with one attached hydrogen (secondary N) is 2. The van der Waals surface area contributed by atoms with Crippen LogP contribution < -0.4 is 10.6 Å². The van der Waals surface area contributed by atoms with Gasteiger partial charge in [0.1, 0.15) is 0 Å². The Bertz CT molecular complexity index is 458. The van der Waals surface area contributed by atoms with Gasteiger partial charge in [-0.05, 0) is 38.4 Å². The highest BCUT2D eigenvalue weighted by atomic mass is 16.5. The second-order valence-corrected chi connectivity index (χ2v) is 6.13. The maximum absolute atomic E-state index is 5.69. The summed E-state index contributed by atoms with van der Waals surface area (Å²) in [5.41, 5.74) is 1.21. The predicted octanol–water partition coefficient (Wildman–Crippen LogP) is 2.24. The fourth-order valence-electron chi connectivity index (χ4n) is 2.83. The molecule has 1 heterocycles. The first-order valence-corrected chi connectivity index (χ1v) is 9.24. The van der Waals surface area contributed by atoms with Crippen LogP contribution in [0, 0.1) is 0 Å². The Kier molecular flexibility index (Phi) is 9.27. The van der Waals surface area contributed by atoms with Crippen LogP contribution in [0.25, 0.3) is 0 Å². The van der Waals surface area contributed by atoms with Crippen molar-refractivity contribution in [2.45, 2.75) is 32.8 Å². The molecule has 24 heavy (non-hydrogen) atoms. The average molecular weight is 332 g/mol. The molecule has 5 nitrogen and oxygen atoms in total. The Hall–Kier alpha value is -1.59. The number of guanidine groups is 1. The van der Waals surface area contributed by atoms with Crippen molar-refractivity contribution in [2.75, 3.05) is 45.9 Å². The fourth-order valence-corrected chi connectivity index (χ4v) is 2.83. The molecule has 1 aromatic rings. The van der Waals surface area contributed by atoms with E-state index >= 15 is 0 Å². The molecule has 0 radical (unpaired) electrons. The molecule has 1 aromatic carbocycles. The molecule has 2 N–H and O–H groups in total. The van der Waals surface area contributed by atoms with E-state index in [2.05, 4.69) is 39.6 Å². The van der Waals surface area contributed by atoms with Gasteiger partial charge in [-0.25, -0.2) is 0 Å². The normalized spacial score (nSPS) is 16.1. The molecule has 0 atom stereocenters. The van der Waals surface area contributed by atoms with Crippen LogP contribution in [0.1, 0.15) is 31.7 Å². The first-order chi connectivity index (χ1) is 11.9. The minimum Gasteiger partial charge on any atom is -0.375 e. The van der Waals surface area contributed by atoms with E-state index in [1.807, 2.05) is 18.2 Å². The first kappa shape index (κ1) is 18.7. The zero-order valence-corrected chi connectivity index (χ0v) is 15.0. The van der Waals surface area contributed by atoms with Gasteiger partial charge < -0.3 is 20.3 Å². The zero-order chi connectivity index (χ0) is 16.9. The summed E-state index contributed by atoms with van der Waals surface area (Å²) >= 11 is 0. The molecule has 0 aromatic heterocycles. The maximum Gasteiger partial charge on any atom is 0.191 e. The molecule has 134 valence electrons. The van der Waals surface area contributed by atoms with Crippen molar-refractivity contribution < 1.29 is 4.74 Å². The highest BCUT2D eigenvalue weighted by Gasteiger charge is 2.08. The Labute approximate surface area is 146 Å². The second-order valence-electron chi connectivity index (χ2n) is 6.13. The van der Waals surface area contributed by atoms with E-state index in [9.17, 15) is 0 Å². The maximum atomic E-state index is 5.69. The van der Waals surface area contributed by atoms with Crippen LogP contribution in [0.3, 0.4) is 0 Å². The predicted molar refractivity (Wildman–Crippen MR) is 100 cm³/mol. The van der Waals surface area contributed by atoms with Gasteiger partial charge in [-0.3, -0.25) is 4.99 Å². The van der Waals surface area contributed by atoms with Gasteiger partial charge in [-0.1, -0.05) is 36.8 Å².